The van der Waals surface area contributed by atoms with Gasteiger partial charge >= 0.3 is 7.05 Å². The number of aryl methyl sites for hydroxylation is 3. The van der Waals surface area contributed by atoms with Gasteiger partial charge in [0.15, 0.2) is 0 Å². The second-order valence-electron chi connectivity index (χ2n) is 11.9. The van der Waals surface area contributed by atoms with Gasteiger partial charge in [-0.25, -0.2) is 4.99 Å². The second kappa shape index (κ2) is 12.2. The minimum absolute atomic E-state index is 0.329. The molecule has 2 aliphatic rings. The predicted octanol–water partition coefficient (Wildman–Crippen LogP) is 8.71. The summed E-state index contributed by atoms with van der Waals surface area (Å²) in [6.45, 7) is 9.44. The van der Waals surface area contributed by atoms with Crippen LogP contribution < -0.4 is 14.9 Å². The van der Waals surface area contributed by atoms with Gasteiger partial charge in [0.25, 0.3) is 0 Å². The van der Waals surface area contributed by atoms with Crippen molar-refractivity contribution in [3.63, 3.8) is 0 Å². The molecule has 4 nitrogen and oxygen atoms in total. The van der Waals surface area contributed by atoms with Crippen LogP contribution in [0.4, 0.5) is 0 Å². The molecule has 7 rings (SSSR count). The first kappa shape index (κ1) is 28.7. The quantitative estimate of drug-likeness (QED) is 0.134. The highest BCUT2D eigenvalue weighted by atomic mass is 16.5. The van der Waals surface area contributed by atoms with Gasteiger partial charge in [0.2, 0.25) is 0 Å². The third kappa shape index (κ3) is 5.33. The van der Waals surface area contributed by atoms with Crippen LogP contribution in [0.3, 0.4) is 0 Å². The number of aliphatic imine (C=N–C) groups is 1. The van der Waals surface area contributed by atoms with Crippen LogP contribution in [0.5, 0.6) is 11.5 Å². The average Bonchev–Trinajstić information content (AvgIpc) is 3.72. The van der Waals surface area contributed by atoms with Crippen molar-refractivity contribution in [2.75, 3.05) is 6.61 Å². The summed E-state index contributed by atoms with van der Waals surface area (Å²) in [6.07, 6.45) is 6.39. The number of hydrogen-bond donors (Lipinski definition) is 0. The number of rotatable bonds is 8. The van der Waals surface area contributed by atoms with Crippen molar-refractivity contribution in [1.82, 2.24) is 4.48 Å². The van der Waals surface area contributed by atoms with E-state index in [2.05, 4.69) is 123 Å². The first-order chi connectivity index (χ1) is 22.0. The lowest BCUT2D eigenvalue weighted by molar-refractivity contribution is 0.309. The summed E-state index contributed by atoms with van der Waals surface area (Å²) in [5.74, 6) is 1.76. The Kier molecular flexibility index (Phi) is 7.77. The predicted molar refractivity (Wildman–Crippen MR) is 187 cm³/mol. The molecule has 0 aliphatic carbocycles. The maximum atomic E-state index is 6.79. The van der Waals surface area contributed by atoms with Gasteiger partial charge in [0.1, 0.15) is 11.5 Å². The molecule has 2 aliphatic heterocycles. The van der Waals surface area contributed by atoms with Crippen molar-refractivity contribution in [2.24, 2.45) is 4.99 Å². The smallest absolute Gasteiger partial charge is 0.524 e. The van der Waals surface area contributed by atoms with E-state index >= 15 is 0 Å². The fourth-order valence-electron chi connectivity index (χ4n) is 6.66. The van der Waals surface area contributed by atoms with Crippen LogP contribution in [0.25, 0.3) is 16.8 Å². The van der Waals surface area contributed by atoms with Gasteiger partial charge in [0.05, 0.1) is 18.0 Å². The van der Waals surface area contributed by atoms with Gasteiger partial charge in [-0.15, -0.1) is 0 Å². The molecular weight excluding hydrogens is 551 g/mol. The lowest BCUT2D eigenvalue weighted by Gasteiger charge is -2.29. The number of aromatic nitrogens is 1. The third-order valence-electron chi connectivity index (χ3n) is 8.64. The maximum absolute atomic E-state index is 6.79. The zero-order valence-electron chi connectivity index (χ0n) is 26.4. The summed E-state index contributed by atoms with van der Waals surface area (Å²) in [7, 11) is -0.329. The van der Waals surface area contributed by atoms with Gasteiger partial charge in [0, 0.05) is 28.1 Å². The number of benzene rings is 4. The number of allylic oxidation sites excluding steroid dienone is 2. The zero-order chi connectivity index (χ0) is 30.9. The Balaban J connectivity index is 1.46. The van der Waals surface area contributed by atoms with Gasteiger partial charge in [-0.3, -0.25) is 0 Å². The summed E-state index contributed by atoms with van der Waals surface area (Å²) in [5, 5.41) is 0. The molecule has 0 unspecified atom stereocenters. The molecule has 0 radical (unpaired) electrons. The highest BCUT2D eigenvalue weighted by molar-refractivity contribution is 6.67. The lowest BCUT2D eigenvalue weighted by Crippen LogP contribution is -2.46. The molecule has 0 amide bonds. The summed E-state index contributed by atoms with van der Waals surface area (Å²) < 4.78 is 15.4. The number of ether oxygens (including phenoxy) is 1. The second-order valence-corrected chi connectivity index (χ2v) is 11.9. The van der Waals surface area contributed by atoms with Crippen molar-refractivity contribution in [2.45, 2.75) is 40.5 Å². The summed E-state index contributed by atoms with van der Waals surface area (Å²) in [6, 6.07) is 36.0. The summed E-state index contributed by atoms with van der Waals surface area (Å²) >= 11 is 0. The normalized spacial score (nSPS) is 14.5. The van der Waals surface area contributed by atoms with Crippen molar-refractivity contribution in [3.05, 3.63) is 154 Å². The molecule has 5 heteroatoms. The minimum Gasteiger partial charge on any atom is -0.537 e. The lowest BCUT2D eigenvalue weighted by atomic mass is 9.70. The molecule has 1 aromatic heterocycles. The first-order valence-electron chi connectivity index (χ1n) is 15.9. The number of para-hydroxylation sites is 2. The zero-order valence-corrected chi connectivity index (χ0v) is 26.4. The van der Waals surface area contributed by atoms with E-state index in [0.29, 0.717) is 6.61 Å². The van der Waals surface area contributed by atoms with E-state index in [-0.39, 0.29) is 7.05 Å². The Bertz CT molecular complexity index is 1960. The standard InChI is InChI=1S/C40H37BN2O2/c1-5-6-24-44-37-18-12-10-16-31(37)33-20-21-34(42-33)40(39-28(3)25-27(2)26-29(39)4)36-23-22-35-32-17-11-13-19-38(32)45-41(43(35)36)30-14-8-7-9-15-30/h7-23,25-26H,5-6,24H2,1-4H3/b40-34+. The van der Waals surface area contributed by atoms with E-state index in [4.69, 9.17) is 14.4 Å². The summed E-state index contributed by atoms with van der Waals surface area (Å²) in [4.78, 5) is 5.33. The van der Waals surface area contributed by atoms with Crippen LogP contribution in [0.1, 0.15) is 53.3 Å². The molecule has 0 saturated heterocycles. The molecule has 0 saturated carbocycles. The Labute approximate surface area is 266 Å². The number of fused-ring (bicyclic) bond motifs is 3. The minimum atomic E-state index is -0.329. The summed E-state index contributed by atoms with van der Waals surface area (Å²) in [5.41, 5.74) is 13.2. The molecule has 3 heterocycles. The topological polar surface area (TPSA) is 35.8 Å². The fourth-order valence-corrected chi connectivity index (χ4v) is 6.66. The van der Waals surface area contributed by atoms with Crippen molar-refractivity contribution in [3.8, 4) is 22.8 Å². The monoisotopic (exact) mass is 588 g/mol. The highest BCUT2D eigenvalue weighted by Gasteiger charge is 2.36. The Hall–Kier alpha value is -5.03. The molecule has 4 aromatic carbocycles. The molecule has 0 bridgehead atoms. The van der Waals surface area contributed by atoms with Gasteiger partial charge in [-0.2, -0.15) is 0 Å². The van der Waals surface area contributed by atoms with Crippen LogP contribution in [0, 0.1) is 20.8 Å². The number of hydrogen-bond acceptors (Lipinski definition) is 3. The van der Waals surface area contributed by atoms with Gasteiger partial charge in [-0.05, 0) is 97.9 Å². The third-order valence-corrected chi connectivity index (χ3v) is 8.64. The first-order valence-corrected chi connectivity index (χ1v) is 15.9. The molecule has 5 aromatic rings. The number of unbranched alkanes of at least 4 members (excludes halogenated alkanes) is 1. The van der Waals surface area contributed by atoms with E-state index in [1.807, 2.05) is 24.3 Å². The molecule has 0 atom stereocenters. The maximum Gasteiger partial charge on any atom is 0.524 e. The van der Waals surface area contributed by atoms with Crippen molar-refractivity contribution < 1.29 is 9.39 Å². The van der Waals surface area contributed by atoms with E-state index in [1.165, 1.54) is 22.3 Å². The fraction of sp³-hybridized carbons (Fsp3) is 0.175. The van der Waals surface area contributed by atoms with Crippen molar-refractivity contribution in [1.29, 1.82) is 0 Å². The Morgan fingerprint density at radius 1 is 0.800 bits per heavy atom. The molecule has 45 heavy (non-hydrogen) atoms. The van der Waals surface area contributed by atoms with Gasteiger partial charge in [-0.1, -0.05) is 85.6 Å². The highest BCUT2D eigenvalue weighted by Crippen LogP contribution is 2.42. The van der Waals surface area contributed by atoms with Gasteiger partial charge < -0.3 is 13.9 Å². The van der Waals surface area contributed by atoms with Crippen LogP contribution in [-0.4, -0.2) is 23.8 Å². The average molecular weight is 589 g/mol. The Morgan fingerprint density at radius 3 is 2.29 bits per heavy atom. The van der Waals surface area contributed by atoms with Crippen LogP contribution in [-0.2, 0) is 0 Å². The number of nitrogens with zero attached hydrogens (tertiary/aromatic N) is 2. The van der Waals surface area contributed by atoms with Crippen LogP contribution in [0.2, 0.25) is 0 Å². The van der Waals surface area contributed by atoms with E-state index in [0.717, 1.165) is 69.3 Å². The molecular formula is C40H37BN2O2. The Morgan fingerprint density at radius 2 is 1.51 bits per heavy atom. The van der Waals surface area contributed by atoms with Crippen LogP contribution >= 0.6 is 0 Å². The molecule has 222 valence electrons. The van der Waals surface area contributed by atoms with Crippen LogP contribution in [0.15, 0.2) is 126 Å². The SMILES string of the molecule is CCCCOc1ccccc1C1=N/C(=C(/c2c(C)cc(C)cc2C)c2ccc3n2B(c2ccccc2)Oc2ccccc2-3)C=C1. The van der Waals surface area contributed by atoms with E-state index in [1.54, 1.807) is 0 Å². The molecule has 0 spiro atoms. The van der Waals surface area contributed by atoms with E-state index < -0.39 is 0 Å². The molecule has 0 N–H and O–H groups in total. The molecule has 0 fully saturated rings. The van der Waals surface area contributed by atoms with E-state index in [9.17, 15) is 0 Å². The van der Waals surface area contributed by atoms with Crippen molar-refractivity contribution >= 4 is 23.8 Å². The largest absolute Gasteiger partial charge is 0.537 e.